The third kappa shape index (κ3) is 3.97. The smallest absolute Gasteiger partial charge is 0.341 e. The minimum absolute atomic E-state index is 0.185. The molecule has 0 atom stereocenters. The number of esters is 1. The Kier molecular flexibility index (Phi) is 5.76. The lowest BCUT2D eigenvalue weighted by Gasteiger charge is -2.42. The Morgan fingerprint density at radius 3 is 2.73 bits per heavy atom. The molecule has 0 spiro atoms. The van der Waals surface area contributed by atoms with Gasteiger partial charge >= 0.3 is 5.97 Å². The highest BCUT2D eigenvalue weighted by atomic mass is 16.5. The number of nitrogens with one attached hydrogen (secondary N) is 2. The van der Waals surface area contributed by atoms with Crippen molar-refractivity contribution in [1.29, 1.82) is 0 Å². The Labute approximate surface area is 131 Å². The molecule has 1 saturated heterocycles. The van der Waals surface area contributed by atoms with Gasteiger partial charge in [0, 0.05) is 13.1 Å². The summed E-state index contributed by atoms with van der Waals surface area (Å²) in [6.07, 6.45) is 0. The van der Waals surface area contributed by atoms with Crippen LogP contribution in [0.3, 0.4) is 0 Å². The molecule has 0 unspecified atom stereocenters. The van der Waals surface area contributed by atoms with Crippen LogP contribution in [-0.2, 0) is 9.47 Å². The van der Waals surface area contributed by atoms with E-state index in [1.165, 1.54) is 7.11 Å². The molecule has 1 fully saturated rings. The second-order valence-corrected chi connectivity index (χ2v) is 5.58. The molecule has 1 aromatic carbocycles. The maximum absolute atomic E-state index is 11.9. The standard InChI is InChI=1S/C16H24N2O4/c1-12-4-5-14(13(8-12)15(19)20-3)22-11-16(9-21-10-16)18-7-6-17-2/h4-5,8,17-18H,6-7,9-11H2,1-3H3. The summed E-state index contributed by atoms with van der Waals surface area (Å²) in [7, 11) is 3.28. The van der Waals surface area contributed by atoms with Gasteiger partial charge in [0.05, 0.1) is 25.9 Å². The van der Waals surface area contributed by atoms with E-state index < -0.39 is 0 Å². The first-order valence-electron chi connectivity index (χ1n) is 7.39. The zero-order chi connectivity index (χ0) is 16.0. The van der Waals surface area contributed by atoms with Gasteiger partial charge in [-0.2, -0.15) is 0 Å². The third-order valence-corrected chi connectivity index (χ3v) is 3.68. The SMILES string of the molecule is CNCCNC1(COc2ccc(C)cc2C(=O)OC)COC1. The second-order valence-electron chi connectivity index (χ2n) is 5.58. The average molecular weight is 308 g/mol. The molecule has 122 valence electrons. The van der Waals surface area contributed by atoms with E-state index in [2.05, 4.69) is 10.6 Å². The van der Waals surface area contributed by atoms with E-state index in [4.69, 9.17) is 14.2 Å². The minimum Gasteiger partial charge on any atom is -0.491 e. The van der Waals surface area contributed by atoms with Crippen LogP contribution in [0.2, 0.25) is 0 Å². The molecule has 0 bridgehead atoms. The van der Waals surface area contributed by atoms with E-state index in [1.54, 1.807) is 6.07 Å². The molecule has 1 aliphatic rings. The van der Waals surface area contributed by atoms with Crippen LogP contribution in [0.4, 0.5) is 0 Å². The lowest BCUT2D eigenvalue weighted by Crippen LogP contribution is -2.64. The average Bonchev–Trinajstić information content (AvgIpc) is 2.49. The molecule has 1 heterocycles. The molecular weight excluding hydrogens is 284 g/mol. The van der Waals surface area contributed by atoms with Gasteiger partial charge in [0.15, 0.2) is 0 Å². The predicted molar refractivity (Wildman–Crippen MR) is 83.5 cm³/mol. The molecular formula is C16H24N2O4. The highest BCUT2D eigenvalue weighted by Crippen LogP contribution is 2.24. The number of hydrogen-bond acceptors (Lipinski definition) is 6. The van der Waals surface area contributed by atoms with E-state index in [0.29, 0.717) is 31.1 Å². The van der Waals surface area contributed by atoms with Crippen LogP contribution in [0.1, 0.15) is 15.9 Å². The van der Waals surface area contributed by atoms with Crippen LogP contribution in [0, 0.1) is 6.92 Å². The number of aryl methyl sites for hydroxylation is 1. The Hall–Kier alpha value is -1.63. The number of carbonyl (C=O) groups is 1. The number of hydrogen-bond donors (Lipinski definition) is 2. The van der Waals surface area contributed by atoms with E-state index >= 15 is 0 Å². The maximum Gasteiger partial charge on any atom is 0.341 e. The maximum atomic E-state index is 11.9. The van der Waals surface area contributed by atoms with Gasteiger partial charge in [0.25, 0.3) is 0 Å². The first kappa shape index (κ1) is 16.7. The van der Waals surface area contributed by atoms with Crippen molar-refractivity contribution in [2.24, 2.45) is 0 Å². The van der Waals surface area contributed by atoms with Crippen molar-refractivity contribution in [3.05, 3.63) is 29.3 Å². The molecule has 0 amide bonds. The molecule has 6 nitrogen and oxygen atoms in total. The van der Waals surface area contributed by atoms with Gasteiger partial charge in [0.2, 0.25) is 0 Å². The molecule has 1 aromatic rings. The van der Waals surface area contributed by atoms with E-state index in [9.17, 15) is 4.79 Å². The van der Waals surface area contributed by atoms with Crippen LogP contribution in [0.15, 0.2) is 18.2 Å². The van der Waals surface area contributed by atoms with Gasteiger partial charge in [-0.15, -0.1) is 0 Å². The summed E-state index contributed by atoms with van der Waals surface area (Å²) in [6, 6.07) is 5.50. The summed E-state index contributed by atoms with van der Waals surface area (Å²) in [5.74, 6) is 0.153. The number of methoxy groups -OCH3 is 1. The van der Waals surface area contributed by atoms with E-state index in [0.717, 1.165) is 18.7 Å². The lowest BCUT2D eigenvalue weighted by atomic mass is 9.98. The fraction of sp³-hybridized carbons (Fsp3) is 0.562. The summed E-state index contributed by atoms with van der Waals surface area (Å²) in [6.45, 7) is 5.30. The van der Waals surface area contributed by atoms with Crippen molar-refractivity contribution in [2.45, 2.75) is 12.5 Å². The van der Waals surface area contributed by atoms with Crippen LogP contribution < -0.4 is 15.4 Å². The number of rotatable bonds is 8. The van der Waals surface area contributed by atoms with Crippen LogP contribution in [-0.4, -0.2) is 58.6 Å². The Bertz CT molecular complexity index is 515. The van der Waals surface area contributed by atoms with Crippen molar-refractivity contribution in [3.8, 4) is 5.75 Å². The Morgan fingerprint density at radius 1 is 1.36 bits per heavy atom. The summed E-state index contributed by atoms with van der Waals surface area (Å²) in [5, 5.41) is 6.54. The summed E-state index contributed by atoms with van der Waals surface area (Å²) in [4.78, 5) is 11.9. The molecule has 0 saturated carbocycles. The zero-order valence-electron chi connectivity index (χ0n) is 13.4. The highest BCUT2D eigenvalue weighted by molar-refractivity contribution is 5.92. The summed E-state index contributed by atoms with van der Waals surface area (Å²) < 4.78 is 16.0. The molecule has 6 heteroatoms. The second kappa shape index (κ2) is 7.58. The van der Waals surface area contributed by atoms with Gasteiger partial charge in [-0.25, -0.2) is 4.79 Å². The van der Waals surface area contributed by atoms with Crippen molar-refractivity contribution < 1.29 is 19.0 Å². The van der Waals surface area contributed by atoms with Crippen LogP contribution in [0.5, 0.6) is 5.75 Å². The zero-order valence-corrected chi connectivity index (χ0v) is 13.4. The predicted octanol–water partition coefficient (Wildman–Crippen LogP) is 0.738. The minimum atomic E-state index is -0.388. The van der Waals surface area contributed by atoms with Crippen LogP contribution >= 0.6 is 0 Å². The number of benzene rings is 1. The van der Waals surface area contributed by atoms with Gasteiger partial charge < -0.3 is 24.8 Å². The van der Waals surface area contributed by atoms with Gasteiger partial charge in [-0.05, 0) is 26.1 Å². The topological polar surface area (TPSA) is 68.8 Å². The number of ether oxygens (including phenoxy) is 3. The van der Waals surface area contributed by atoms with Crippen LogP contribution in [0.25, 0.3) is 0 Å². The molecule has 0 aliphatic carbocycles. The monoisotopic (exact) mass is 308 g/mol. The third-order valence-electron chi connectivity index (χ3n) is 3.68. The molecule has 0 radical (unpaired) electrons. The molecule has 0 aromatic heterocycles. The normalized spacial score (nSPS) is 16.0. The van der Waals surface area contributed by atoms with Gasteiger partial charge in [-0.3, -0.25) is 0 Å². The van der Waals surface area contributed by atoms with Gasteiger partial charge in [0.1, 0.15) is 17.9 Å². The Balaban J connectivity index is 2.02. The Morgan fingerprint density at radius 2 is 2.14 bits per heavy atom. The van der Waals surface area contributed by atoms with E-state index in [-0.39, 0.29) is 11.5 Å². The molecule has 2 N–H and O–H groups in total. The number of likely N-dealkylation sites (N-methyl/N-ethyl adjacent to an activating group) is 1. The summed E-state index contributed by atoms with van der Waals surface area (Å²) in [5.41, 5.74) is 1.25. The first-order valence-corrected chi connectivity index (χ1v) is 7.39. The fourth-order valence-electron chi connectivity index (χ4n) is 2.29. The first-order chi connectivity index (χ1) is 10.6. The fourth-order valence-corrected chi connectivity index (χ4v) is 2.29. The molecule has 22 heavy (non-hydrogen) atoms. The molecule has 1 aliphatic heterocycles. The number of carbonyl (C=O) groups excluding carboxylic acids is 1. The summed E-state index contributed by atoms with van der Waals surface area (Å²) >= 11 is 0. The molecule has 2 rings (SSSR count). The van der Waals surface area contributed by atoms with Crippen molar-refractivity contribution >= 4 is 5.97 Å². The lowest BCUT2D eigenvalue weighted by molar-refractivity contribution is -0.0923. The largest absolute Gasteiger partial charge is 0.491 e. The van der Waals surface area contributed by atoms with Crippen molar-refractivity contribution in [1.82, 2.24) is 10.6 Å². The van der Waals surface area contributed by atoms with Gasteiger partial charge in [-0.1, -0.05) is 11.6 Å². The van der Waals surface area contributed by atoms with E-state index in [1.807, 2.05) is 26.1 Å². The van der Waals surface area contributed by atoms with Crippen molar-refractivity contribution in [2.75, 3.05) is 47.1 Å². The quantitative estimate of drug-likeness (QED) is 0.545. The van der Waals surface area contributed by atoms with Crippen molar-refractivity contribution in [3.63, 3.8) is 0 Å². The highest BCUT2D eigenvalue weighted by Gasteiger charge is 2.39.